The van der Waals surface area contributed by atoms with Crippen LogP contribution < -0.4 is 5.32 Å². The maximum atomic E-state index is 4.52. The summed E-state index contributed by atoms with van der Waals surface area (Å²) in [6, 6.07) is 0.666. The topological polar surface area (TPSA) is 29.9 Å². The molecular formula is C17H31N3. The zero-order valence-corrected chi connectivity index (χ0v) is 13.8. The van der Waals surface area contributed by atoms with E-state index >= 15 is 0 Å². The van der Waals surface area contributed by atoms with Crippen LogP contribution in [0.4, 0.5) is 0 Å². The first-order valence-corrected chi connectivity index (χ1v) is 8.13. The summed E-state index contributed by atoms with van der Waals surface area (Å²) in [4.78, 5) is 4.52. The van der Waals surface area contributed by atoms with Crippen LogP contribution in [0, 0.1) is 17.3 Å². The van der Waals surface area contributed by atoms with E-state index in [1.807, 2.05) is 6.20 Å². The Balaban J connectivity index is 2.11. The molecule has 3 atom stereocenters. The Labute approximate surface area is 124 Å². The van der Waals surface area contributed by atoms with Gasteiger partial charge in [0, 0.05) is 31.9 Å². The van der Waals surface area contributed by atoms with E-state index in [2.05, 4.69) is 55.8 Å². The van der Waals surface area contributed by atoms with E-state index in [0.717, 1.165) is 24.8 Å². The van der Waals surface area contributed by atoms with Gasteiger partial charge < -0.3 is 9.88 Å². The summed E-state index contributed by atoms with van der Waals surface area (Å²) < 4.78 is 2.16. The molecule has 1 heterocycles. The molecule has 20 heavy (non-hydrogen) atoms. The SMILES string of the molecule is CCNC1CC(C)CCC1C(C)(C)Cc1nccn1C. The number of rotatable bonds is 5. The average molecular weight is 277 g/mol. The fraction of sp³-hybridized carbons (Fsp3) is 0.824. The highest BCUT2D eigenvalue weighted by molar-refractivity contribution is 5.00. The van der Waals surface area contributed by atoms with E-state index < -0.39 is 0 Å². The first-order chi connectivity index (χ1) is 9.44. The summed E-state index contributed by atoms with van der Waals surface area (Å²) in [6.45, 7) is 10.5. The van der Waals surface area contributed by atoms with Gasteiger partial charge in [0.05, 0.1) is 0 Å². The molecule has 1 aliphatic carbocycles. The second-order valence-electron chi connectivity index (χ2n) is 7.31. The summed E-state index contributed by atoms with van der Waals surface area (Å²) in [5.41, 5.74) is 0.298. The van der Waals surface area contributed by atoms with E-state index in [-0.39, 0.29) is 0 Å². The number of nitrogens with zero attached hydrogens (tertiary/aromatic N) is 2. The van der Waals surface area contributed by atoms with E-state index in [9.17, 15) is 0 Å². The molecule has 0 aromatic carbocycles. The largest absolute Gasteiger partial charge is 0.338 e. The molecule has 0 saturated heterocycles. The van der Waals surface area contributed by atoms with Crippen LogP contribution in [0.3, 0.4) is 0 Å². The molecule has 0 bridgehead atoms. The minimum atomic E-state index is 0.298. The fourth-order valence-corrected chi connectivity index (χ4v) is 3.91. The van der Waals surface area contributed by atoms with Gasteiger partial charge in [-0.1, -0.05) is 34.1 Å². The van der Waals surface area contributed by atoms with Crippen molar-refractivity contribution < 1.29 is 0 Å². The summed E-state index contributed by atoms with van der Waals surface area (Å²) >= 11 is 0. The molecule has 2 rings (SSSR count). The molecule has 0 spiro atoms. The highest BCUT2D eigenvalue weighted by Crippen LogP contribution is 2.42. The van der Waals surface area contributed by atoms with Crippen molar-refractivity contribution >= 4 is 0 Å². The normalized spacial score (nSPS) is 27.8. The number of aryl methyl sites for hydroxylation is 1. The third-order valence-electron chi connectivity index (χ3n) is 5.12. The van der Waals surface area contributed by atoms with Crippen LogP contribution in [-0.4, -0.2) is 22.1 Å². The van der Waals surface area contributed by atoms with E-state index in [4.69, 9.17) is 0 Å². The lowest BCUT2D eigenvalue weighted by Crippen LogP contribution is -2.47. The van der Waals surface area contributed by atoms with Crippen LogP contribution in [0.25, 0.3) is 0 Å². The molecule has 0 amide bonds. The fourth-order valence-electron chi connectivity index (χ4n) is 3.91. The lowest BCUT2D eigenvalue weighted by atomic mass is 9.65. The van der Waals surface area contributed by atoms with Gasteiger partial charge in [0.2, 0.25) is 0 Å². The second kappa shape index (κ2) is 6.30. The van der Waals surface area contributed by atoms with Crippen molar-refractivity contribution in [2.24, 2.45) is 24.3 Å². The summed E-state index contributed by atoms with van der Waals surface area (Å²) in [5, 5.41) is 3.74. The van der Waals surface area contributed by atoms with Crippen molar-refractivity contribution in [3.63, 3.8) is 0 Å². The Kier molecular flexibility index (Phi) is 4.90. The van der Waals surface area contributed by atoms with Gasteiger partial charge in [0.1, 0.15) is 5.82 Å². The highest BCUT2D eigenvalue weighted by atomic mass is 15.0. The molecule has 1 saturated carbocycles. The molecule has 1 aromatic heterocycles. The number of nitrogens with one attached hydrogen (secondary N) is 1. The van der Waals surface area contributed by atoms with E-state index in [0.29, 0.717) is 11.5 Å². The third kappa shape index (κ3) is 3.43. The molecule has 1 aromatic rings. The van der Waals surface area contributed by atoms with Crippen LogP contribution in [0.2, 0.25) is 0 Å². The predicted octanol–water partition coefficient (Wildman–Crippen LogP) is 3.40. The lowest BCUT2D eigenvalue weighted by molar-refractivity contribution is 0.0927. The first kappa shape index (κ1) is 15.6. The Morgan fingerprint density at radius 3 is 2.75 bits per heavy atom. The quantitative estimate of drug-likeness (QED) is 0.894. The summed E-state index contributed by atoms with van der Waals surface area (Å²) in [7, 11) is 2.10. The zero-order valence-electron chi connectivity index (χ0n) is 13.8. The van der Waals surface area contributed by atoms with Crippen molar-refractivity contribution in [3.05, 3.63) is 18.2 Å². The Morgan fingerprint density at radius 2 is 2.15 bits per heavy atom. The van der Waals surface area contributed by atoms with Crippen molar-refractivity contribution in [1.82, 2.24) is 14.9 Å². The van der Waals surface area contributed by atoms with Crippen LogP contribution in [0.15, 0.2) is 12.4 Å². The van der Waals surface area contributed by atoms with Gasteiger partial charge in [0.25, 0.3) is 0 Å². The van der Waals surface area contributed by atoms with E-state index in [1.165, 1.54) is 25.1 Å². The summed E-state index contributed by atoms with van der Waals surface area (Å²) in [6.07, 6.45) is 9.07. The number of hydrogen-bond acceptors (Lipinski definition) is 2. The lowest BCUT2D eigenvalue weighted by Gasteiger charge is -2.44. The van der Waals surface area contributed by atoms with Gasteiger partial charge in [-0.2, -0.15) is 0 Å². The second-order valence-corrected chi connectivity index (χ2v) is 7.31. The smallest absolute Gasteiger partial charge is 0.108 e. The van der Waals surface area contributed by atoms with Gasteiger partial charge in [0.15, 0.2) is 0 Å². The molecule has 3 unspecified atom stereocenters. The summed E-state index contributed by atoms with van der Waals surface area (Å²) in [5.74, 6) is 2.82. The molecule has 1 aliphatic rings. The monoisotopic (exact) mass is 277 g/mol. The molecular weight excluding hydrogens is 246 g/mol. The van der Waals surface area contributed by atoms with Gasteiger partial charge in [-0.3, -0.25) is 0 Å². The number of hydrogen-bond donors (Lipinski definition) is 1. The zero-order chi connectivity index (χ0) is 14.8. The molecule has 114 valence electrons. The molecule has 1 fully saturated rings. The molecule has 3 nitrogen and oxygen atoms in total. The van der Waals surface area contributed by atoms with Crippen molar-refractivity contribution in [1.29, 1.82) is 0 Å². The number of imidazole rings is 1. The highest BCUT2D eigenvalue weighted by Gasteiger charge is 2.39. The van der Waals surface area contributed by atoms with Crippen LogP contribution >= 0.6 is 0 Å². The molecule has 0 radical (unpaired) electrons. The molecule has 1 N–H and O–H groups in total. The minimum Gasteiger partial charge on any atom is -0.338 e. The van der Waals surface area contributed by atoms with Gasteiger partial charge in [-0.25, -0.2) is 4.98 Å². The van der Waals surface area contributed by atoms with E-state index in [1.54, 1.807) is 0 Å². The first-order valence-electron chi connectivity index (χ1n) is 8.13. The molecule has 3 heteroatoms. The van der Waals surface area contributed by atoms with Crippen molar-refractivity contribution in [2.75, 3.05) is 6.54 Å². The maximum absolute atomic E-state index is 4.52. The standard InChI is InChI=1S/C17H31N3/c1-6-18-15-11-13(2)7-8-14(15)17(3,4)12-16-19-9-10-20(16)5/h9-10,13-15,18H,6-8,11-12H2,1-5H3. The van der Waals surface area contributed by atoms with Crippen LogP contribution in [0.5, 0.6) is 0 Å². The van der Waals surface area contributed by atoms with Crippen molar-refractivity contribution in [3.8, 4) is 0 Å². The number of aromatic nitrogens is 2. The molecule has 0 aliphatic heterocycles. The Morgan fingerprint density at radius 1 is 1.40 bits per heavy atom. The van der Waals surface area contributed by atoms with Crippen molar-refractivity contribution in [2.45, 2.75) is 59.4 Å². The van der Waals surface area contributed by atoms with Crippen LogP contribution in [-0.2, 0) is 13.5 Å². The third-order valence-corrected chi connectivity index (χ3v) is 5.12. The maximum Gasteiger partial charge on any atom is 0.108 e. The Bertz CT molecular complexity index is 422. The van der Waals surface area contributed by atoms with Gasteiger partial charge in [-0.05, 0) is 36.6 Å². The average Bonchev–Trinajstić information content (AvgIpc) is 2.74. The minimum absolute atomic E-state index is 0.298. The van der Waals surface area contributed by atoms with Crippen LogP contribution in [0.1, 0.15) is 52.8 Å². The van der Waals surface area contributed by atoms with Gasteiger partial charge >= 0.3 is 0 Å². The van der Waals surface area contributed by atoms with Gasteiger partial charge in [-0.15, -0.1) is 0 Å². The predicted molar refractivity (Wildman–Crippen MR) is 84.7 cm³/mol. The Hall–Kier alpha value is -0.830.